The lowest BCUT2D eigenvalue weighted by molar-refractivity contribution is -0.127. The van der Waals surface area contributed by atoms with Crippen molar-refractivity contribution in [2.75, 3.05) is 18.4 Å². The Morgan fingerprint density at radius 1 is 1.14 bits per heavy atom. The molecule has 2 aromatic rings. The van der Waals surface area contributed by atoms with Crippen molar-refractivity contribution < 1.29 is 9.53 Å². The molecule has 0 fully saturated rings. The number of benzene rings is 1. The first kappa shape index (κ1) is 15.8. The normalized spacial score (nSPS) is 11.5. The highest BCUT2D eigenvalue weighted by atomic mass is 16.5. The van der Waals surface area contributed by atoms with E-state index in [2.05, 4.69) is 20.8 Å². The topological polar surface area (TPSA) is 76.1 Å². The van der Waals surface area contributed by atoms with Crippen LogP contribution in [0.25, 0.3) is 0 Å². The molecular formula is C16H20N4O2. The molecule has 116 valence electrons. The number of ether oxygens (including phenoxy) is 1. The van der Waals surface area contributed by atoms with Gasteiger partial charge in [-0.1, -0.05) is 18.2 Å². The number of carbonyl (C=O) groups excluding carboxylic acids is 1. The van der Waals surface area contributed by atoms with E-state index < -0.39 is 6.10 Å². The number of aromatic nitrogens is 2. The summed E-state index contributed by atoms with van der Waals surface area (Å²) >= 11 is 0. The van der Waals surface area contributed by atoms with Gasteiger partial charge in [-0.05, 0) is 38.1 Å². The molecule has 6 heteroatoms. The summed E-state index contributed by atoms with van der Waals surface area (Å²) in [5.74, 6) is 1.22. The Morgan fingerprint density at radius 3 is 2.59 bits per heavy atom. The molecule has 1 heterocycles. The molecule has 6 nitrogen and oxygen atoms in total. The molecule has 2 rings (SSSR count). The fourth-order valence-corrected chi connectivity index (χ4v) is 1.77. The third-order valence-corrected chi connectivity index (χ3v) is 2.95. The van der Waals surface area contributed by atoms with E-state index >= 15 is 0 Å². The minimum absolute atomic E-state index is 0.152. The third kappa shape index (κ3) is 5.05. The van der Waals surface area contributed by atoms with Gasteiger partial charge < -0.3 is 15.4 Å². The van der Waals surface area contributed by atoms with Crippen LogP contribution in [-0.4, -0.2) is 35.3 Å². The molecule has 2 N–H and O–H groups in total. The van der Waals surface area contributed by atoms with Crippen LogP contribution in [0.5, 0.6) is 5.75 Å². The second-order valence-corrected chi connectivity index (χ2v) is 4.85. The average Bonchev–Trinajstić information content (AvgIpc) is 2.54. The van der Waals surface area contributed by atoms with Crippen LogP contribution in [0.3, 0.4) is 0 Å². The zero-order valence-corrected chi connectivity index (χ0v) is 12.7. The van der Waals surface area contributed by atoms with Crippen LogP contribution in [-0.2, 0) is 4.79 Å². The molecule has 0 bridgehead atoms. The van der Waals surface area contributed by atoms with Gasteiger partial charge in [0.05, 0.1) is 5.69 Å². The number of rotatable bonds is 7. The first-order chi connectivity index (χ1) is 10.6. The van der Waals surface area contributed by atoms with Crippen LogP contribution in [0, 0.1) is 6.92 Å². The molecule has 0 spiro atoms. The van der Waals surface area contributed by atoms with Crippen molar-refractivity contribution in [3.05, 3.63) is 48.2 Å². The van der Waals surface area contributed by atoms with E-state index in [1.807, 2.05) is 49.4 Å². The summed E-state index contributed by atoms with van der Waals surface area (Å²) in [6, 6.07) is 13.0. The van der Waals surface area contributed by atoms with Gasteiger partial charge in [0, 0.05) is 13.1 Å². The summed E-state index contributed by atoms with van der Waals surface area (Å²) in [5, 5.41) is 13.8. The maximum Gasteiger partial charge on any atom is 0.260 e. The van der Waals surface area contributed by atoms with E-state index in [0.717, 1.165) is 5.69 Å². The van der Waals surface area contributed by atoms with Gasteiger partial charge >= 0.3 is 0 Å². The van der Waals surface area contributed by atoms with Gasteiger partial charge in [-0.3, -0.25) is 4.79 Å². The van der Waals surface area contributed by atoms with Gasteiger partial charge in [0.15, 0.2) is 6.10 Å². The van der Waals surface area contributed by atoms with E-state index in [1.165, 1.54) is 0 Å². The highest BCUT2D eigenvalue weighted by Gasteiger charge is 2.13. The van der Waals surface area contributed by atoms with E-state index in [9.17, 15) is 4.79 Å². The van der Waals surface area contributed by atoms with Crippen LogP contribution in [0.4, 0.5) is 5.82 Å². The van der Waals surface area contributed by atoms with Gasteiger partial charge in [-0.25, -0.2) is 0 Å². The molecule has 1 unspecified atom stereocenters. The van der Waals surface area contributed by atoms with Crippen LogP contribution in [0.15, 0.2) is 42.5 Å². The Kier molecular flexibility index (Phi) is 5.71. The fraction of sp³-hybridized carbons (Fsp3) is 0.312. The molecule has 1 amide bonds. The maximum atomic E-state index is 11.9. The molecule has 22 heavy (non-hydrogen) atoms. The first-order valence-corrected chi connectivity index (χ1v) is 7.19. The Bertz CT molecular complexity index is 587. The summed E-state index contributed by atoms with van der Waals surface area (Å²) < 4.78 is 5.55. The number of amides is 1. The van der Waals surface area contributed by atoms with Crippen LogP contribution in [0.2, 0.25) is 0 Å². The molecule has 0 saturated carbocycles. The third-order valence-electron chi connectivity index (χ3n) is 2.95. The first-order valence-electron chi connectivity index (χ1n) is 7.19. The van der Waals surface area contributed by atoms with Crippen molar-refractivity contribution in [3.63, 3.8) is 0 Å². The largest absolute Gasteiger partial charge is 0.481 e. The SMILES string of the molecule is Cc1ccc(NCCNC(=O)C(C)Oc2ccccc2)nn1. The van der Waals surface area contributed by atoms with Crippen molar-refractivity contribution in [2.24, 2.45) is 0 Å². The minimum Gasteiger partial charge on any atom is -0.481 e. The minimum atomic E-state index is -0.540. The highest BCUT2D eigenvalue weighted by molar-refractivity contribution is 5.80. The Balaban J connectivity index is 1.67. The summed E-state index contributed by atoms with van der Waals surface area (Å²) in [6.07, 6.45) is -0.540. The van der Waals surface area contributed by atoms with Crippen LogP contribution in [0.1, 0.15) is 12.6 Å². The maximum absolute atomic E-state index is 11.9. The van der Waals surface area contributed by atoms with E-state index in [-0.39, 0.29) is 5.91 Å². The van der Waals surface area contributed by atoms with Crippen molar-refractivity contribution in [3.8, 4) is 5.75 Å². The lowest BCUT2D eigenvalue weighted by Gasteiger charge is -2.14. The zero-order chi connectivity index (χ0) is 15.8. The number of hydrogen-bond donors (Lipinski definition) is 2. The summed E-state index contributed by atoms with van der Waals surface area (Å²) in [7, 11) is 0. The number of anilines is 1. The quantitative estimate of drug-likeness (QED) is 0.762. The van der Waals surface area contributed by atoms with E-state index in [1.54, 1.807) is 6.92 Å². The molecule has 0 aliphatic heterocycles. The monoisotopic (exact) mass is 300 g/mol. The van der Waals surface area contributed by atoms with Gasteiger partial charge in [-0.2, -0.15) is 5.10 Å². The second kappa shape index (κ2) is 7.97. The second-order valence-electron chi connectivity index (χ2n) is 4.85. The number of para-hydroxylation sites is 1. The van der Waals surface area contributed by atoms with Crippen molar-refractivity contribution in [2.45, 2.75) is 20.0 Å². The summed E-state index contributed by atoms with van der Waals surface area (Å²) in [6.45, 7) is 4.66. The summed E-state index contributed by atoms with van der Waals surface area (Å²) in [4.78, 5) is 11.9. The van der Waals surface area contributed by atoms with E-state index in [0.29, 0.717) is 24.7 Å². The van der Waals surface area contributed by atoms with E-state index in [4.69, 9.17) is 4.74 Å². The lowest BCUT2D eigenvalue weighted by atomic mass is 10.3. The molecule has 0 aliphatic carbocycles. The smallest absolute Gasteiger partial charge is 0.260 e. The van der Waals surface area contributed by atoms with Gasteiger partial charge in [0.1, 0.15) is 11.6 Å². The van der Waals surface area contributed by atoms with Crippen molar-refractivity contribution >= 4 is 11.7 Å². The number of nitrogens with one attached hydrogen (secondary N) is 2. The highest BCUT2D eigenvalue weighted by Crippen LogP contribution is 2.10. The van der Waals surface area contributed by atoms with Gasteiger partial charge in [0.25, 0.3) is 5.91 Å². The molecular weight excluding hydrogens is 280 g/mol. The Labute approximate surface area is 129 Å². The van der Waals surface area contributed by atoms with Crippen molar-refractivity contribution in [1.29, 1.82) is 0 Å². The number of hydrogen-bond acceptors (Lipinski definition) is 5. The molecule has 1 aromatic carbocycles. The molecule has 0 radical (unpaired) electrons. The van der Waals surface area contributed by atoms with Gasteiger partial charge in [0.2, 0.25) is 0 Å². The predicted molar refractivity (Wildman–Crippen MR) is 84.8 cm³/mol. The number of carbonyl (C=O) groups is 1. The zero-order valence-electron chi connectivity index (χ0n) is 12.7. The van der Waals surface area contributed by atoms with Crippen molar-refractivity contribution in [1.82, 2.24) is 15.5 Å². The number of nitrogens with zero attached hydrogens (tertiary/aromatic N) is 2. The van der Waals surface area contributed by atoms with Gasteiger partial charge in [-0.15, -0.1) is 5.10 Å². The Hall–Kier alpha value is -2.63. The molecule has 0 aliphatic rings. The molecule has 0 saturated heterocycles. The molecule has 1 atom stereocenters. The average molecular weight is 300 g/mol. The Morgan fingerprint density at radius 2 is 1.91 bits per heavy atom. The number of aryl methyl sites for hydroxylation is 1. The van der Waals surface area contributed by atoms with Crippen LogP contribution >= 0.6 is 0 Å². The fourth-order valence-electron chi connectivity index (χ4n) is 1.77. The summed E-state index contributed by atoms with van der Waals surface area (Å²) in [5.41, 5.74) is 0.866. The predicted octanol–water partition coefficient (Wildman–Crippen LogP) is 1.78. The molecule has 1 aromatic heterocycles. The lowest BCUT2D eigenvalue weighted by Crippen LogP contribution is -2.38. The van der Waals surface area contributed by atoms with Crippen LogP contribution < -0.4 is 15.4 Å². The standard InChI is InChI=1S/C16H20N4O2/c1-12-8-9-15(20-19-12)17-10-11-18-16(21)13(2)22-14-6-4-3-5-7-14/h3-9,13H,10-11H2,1-2H3,(H,17,20)(H,18,21).